The average Bonchev–Trinajstić information content (AvgIpc) is 3.00. The molecule has 8 heteroatoms. The van der Waals surface area contributed by atoms with E-state index in [4.69, 9.17) is 14.2 Å². The average molecular weight is 655 g/mol. The molecule has 0 aromatic rings. The van der Waals surface area contributed by atoms with Gasteiger partial charge in [-0.05, 0) is 25.7 Å². The first-order valence-electron chi connectivity index (χ1n) is 18.7. The van der Waals surface area contributed by atoms with Gasteiger partial charge in [0.15, 0.2) is 12.1 Å². The maximum atomic E-state index is 12.6. The van der Waals surface area contributed by atoms with Crippen molar-refractivity contribution in [3.63, 3.8) is 0 Å². The minimum Gasteiger partial charge on any atom is -0.477 e. The van der Waals surface area contributed by atoms with E-state index in [-0.39, 0.29) is 42.7 Å². The fraction of sp³-hybridized carbons (Fsp3) is 0.868. The van der Waals surface area contributed by atoms with E-state index < -0.39 is 18.1 Å². The molecule has 0 rings (SSSR count). The van der Waals surface area contributed by atoms with Crippen LogP contribution in [0.1, 0.15) is 162 Å². The number of likely N-dealkylation sites (N-methyl/N-ethyl adjacent to an activating group) is 1. The highest BCUT2D eigenvalue weighted by molar-refractivity contribution is 5.72. The van der Waals surface area contributed by atoms with Crippen LogP contribution in [-0.2, 0) is 28.6 Å². The van der Waals surface area contributed by atoms with Gasteiger partial charge in [-0.25, -0.2) is 4.79 Å². The molecule has 0 saturated heterocycles. The summed E-state index contributed by atoms with van der Waals surface area (Å²) >= 11 is 0. The second-order valence-corrected chi connectivity index (χ2v) is 13.8. The molecule has 0 aliphatic carbocycles. The van der Waals surface area contributed by atoms with Gasteiger partial charge in [-0.1, -0.05) is 129 Å². The monoisotopic (exact) mass is 655 g/mol. The summed E-state index contributed by atoms with van der Waals surface area (Å²) in [5.74, 6) is -1.53. The quantitative estimate of drug-likeness (QED) is 0.0326. The standard InChI is InChI=1S/C38H71NO7/c1-6-8-10-12-14-16-17-18-19-20-21-23-25-27-29-37(41)46-34(32-44-31-30-35(38(42)43)39(3,4)5)33-45-36(40)28-26-24-22-15-13-11-9-7-2/h22,24,34-35H,6-21,23,25-33H2,1-5H3/p+1/b24-22+. The molecule has 0 radical (unpaired) electrons. The highest BCUT2D eigenvalue weighted by atomic mass is 16.6. The molecule has 2 atom stereocenters. The third-order valence-corrected chi connectivity index (χ3v) is 8.43. The summed E-state index contributed by atoms with van der Waals surface area (Å²) in [5, 5.41) is 9.56. The number of allylic oxidation sites excluding steroid dienone is 2. The smallest absolute Gasteiger partial charge is 0.362 e. The molecule has 0 saturated carbocycles. The van der Waals surface area contributed by atoms with Crippen LogP contribution < -0.4 is 0 Å². The van der Waals surface area contributed by atoms with Crippen molar-refractivity contribution < 1.29 is 38.2 Å². The van der Waals surface area contributed by atoms with Gasteiger partial charge in [0.25, 0.3) is 0 Å². The third kappa shape index (κ3) is 28.3. The van der Waals surface area contributed by atoms with Crippen LogP contribution in [0.4, 0.5) is 0 Å². The molecule has 0 aliphatic rings. The summed E-state index contributed by atoms with van der Waals surface area (Å²) in [6, 6.07) is -0.612. The van der Waals surface area contributed by atoms with Gasteiger partial charge in [0.05, 0.1) is 34.4 Å². The van der Waals surface area contributed by atoms with Gasteiger partial charge in [0.2, 0.25) is 0 Å². The lowest BCUT2D eigenvalue weighted by atomic mass is 10.0. The molecule has 0 spiro atoms. The predicted molar refractivity (Wildman–Crippen MR) is 188 cm³/mol. The summed E-state index contributed by atoms with van der Waals surface area (Å²) in [4.78, 5) is 36.6. The van der Waals surface area contributed by atoms with Gasteiger partial charge in [0.1, 0.15) is 6.61 Å². The second kappa shape index (κ2) is 30.4. The Hall–Kier alpha value is -1.93. The maximum absolute atomic E-state index is 12.6. The van der Waals surface area contributed by atoms with Crippen molar-refractivity contribution in [1.82, 2.24) is 0 Å². The molecule has 0 amide bonds. The molecule has 46 heavy (non-hydrogen) atoms. The molecule has 0 fully saturated rings. The third-order valence-electron chi connectivity index (χ3n) is 8.43. The first-order valence-corrected chi connectivity index (χ1v) is 18.7. The summed E-state index contributed by atoms with van der Waals surface area (Å²) in [6.45, 7) is 4.65. The number of hydrogen-bond donors (Lipinski definition) is 1. The van der Waals surface area contributed by atoms with E-state index >= 15 is 0 Å². The van der Waals surface area contributed by atoms with E-state index in [9.17, 15) is 19.5 Å². The predicted octanol–water partition coefficient (Wildman–Crippen LogP) is 9.19. The molecule has 0 aromatic heterocycles. The van der Waals surface area contributed by atoms with Crippen molar-refractivity contribution in [2.45, 2.75) is 174 Å². The molecule has 0 heterocycles. The van der Waals surface area contributed by atoms with Gasteiger partial charge >= 0.3 is 17.9 Å². The van der Waals surface area contributed by atoms with Crippen molar-refractivity contribution in [3.05, 3.63) is 12.2 Å². The van der Waals surface area contributed by atoms with Gasteiger partial charge in [-0.15, -0.1) is 0 Å². The molecule has 8 nitrogen and oxygen atoms in total. The van der Waals surface area contributed by atoms with E-state index in [2.05, 4.69) is 19.9 Å². The van der Waals surface area contributed by atoms with E-state index in [1.165, 1.54) is 96.3 Å². The second-order valence-electron chi connectivity index (χ2n) is 13.8. The summed E-state index contributed by atoms with van der Waals surface area (Å²) < 4.78 is 17.1. The number of aliphatic carboxylic acids is 1. The minimum absolute atomic E-state index is 0.0545. The zero-order valence-corrected chi connectivity index (χ0v) is 30.5. The van der Waals surface area contributed by atoms with Crippen LogP contribution in [-0.4, -0.2) is 80.6 Å². The van der Waals surface area contributed by atoms with E-state index in [1.807, 2.05) is 27.2 Å². The van der Waals surface area contributed by atoms with Crippen LogP contribution in [0.3, 0.4) is 0 Å². The van der Waals surface area contributed by atoms with Crippen molar-refractivity contribution in [2.24, 2.45) is 0 Å². The van der Waals surface area contributed by atoms with Crippen LogP contribution in [0, 0.1) is 0 Å². The lowest BCUT2D eigenvalue weighted by molar-refractivity contribution is -0.887. The zero-order chi connectivity index (χ0) is 34.3. The Morgan fingerprint density at radius 2 is 1.13 bits per heavy atom. The van der Waals surface area contributed by atoms with Crippen molar-refractivity contribution in [3.8, 4) is 0 Å². The lowest BCUT2D eigenvalue weighted by Crippen LogP contribution is -2.50. The van der Waals surface area contributed by atoms with Crippen LogP contribution in [0.25, 0.3) is 0 Å². The molecule has 0 bridgehead atoms. The number of hydrogen-bond acceptors (Lipinski definition) is 6. The lowest BCUT2D eigenvalue weighted by Gasteiger charge is -2.31. The number of carbonyl (C=O) groups is 3. The Bertz CT molecular complexity index is 778. The molecular formula is C38H72NO7+. The first-order chi connectivity index (χ1) is 22.1. The Kier molecular flexibility index (Phi) is 29.1. The summed E-state index contributed by atoms with van der Waals surface area (Å²) in [5.41, 5.74) is 0. The fourth-order valence-electron chi connectivity index (χ4n) is 5.46. The molecule has 270 valence electrons. The zero-order valence-electron chi connectivity index (χ0n) is 30.5. The number of carboxylic acids is 1. The van der Waals surface area contributed by atoms with E-state index in [1.54, 1.807) is 0 Å². The number of unbranched alkanes of at least 4 members (excludes halogenated alkanes) is 17. The maximum Gasteiger partial charge on any atom is 0.362 e. The Morgan fingerprint density at radius 1 is 0.630 bits per heavy atom. The molecule has 2 unspecified atom stereocenters. The normalized spacial score (nSPS) is 13.2. The molecule has 1 N–H and O–H groups in total. The first kappa shape index (κ1) is 44.1. The number of quaternary nitrogens is 1. The summed E-state index contributed by atoms with van der Waals surface area (Å²) in [6.07, 6.45) is 28.4. The Labute approximate surface area is 282 Å². The Morgan fingerprint density at radius 3 is 1.65 bits per heavy atom. The molecule has 0 aliphatic heterocycles. The minimum atomic E-state index is -0.879. The van der Waals surface area contributed by atoms with Crippen LogP contribution in [0.15, 0.2) is 12.2 Å². The fourth-order valence-corrected chi connectivity index (χ4v) is 5.46. The van der Waals surface area contributed by atoms with E-state index in [0.29, 0.717) is 19.3 Å². The molecule has 0 aromatic carbocycles. The molecular weight excluding hydrogens is 582 g/mol. The number of carbonyl (C=O) groups excluding carboxylic acids is 2. The van der Waals surface area contributed by atoms with Gasteiger partial charge in [-0.2, -0.15) is 0 Å². The Balaban J connectivity index is 4.41. The largest absolute Gasteiger partial charge is 0.477 e. The van der Waals surface area contributed by atoms with Gasteiger partial charge in [-0.3, -0.25) is 9.59 Å². The van der Waals surface area contributed by atoms with Gasteiger partial charge in [0, 0.05) is 19.3 Å². The van der Waals surface area contributed by atoms with Crippen LogP contribution in [0.2, 0.25) is 0 Å². The number of carboxylic acid groups (broad SMARTS) is 1. The number of ether oxygens (including phenoxy) is 3. The van der Waals surface area contributed by atoms with E-state index in [0.717, 1.165) is 25.7 Å². The van der Waals surface area contributed by atoms with Crippen LogP contribution >= 0.6 is 0 Å². The van der Waals surface area contributed by atoms with Crippen molar-refractivity contribution >= 4 is 17.9 Å². The highest BCUT2D eigenvalue weighted by Gasteiger charge is 2.31. The van der Waals surface area contributed by atoms with Crippen molar-refractivity contribution in [1.29, 1.82) is 0 Å². The van der Waals surface area contributed by atoms with Crippen LogP contribution in [0.5, 0.6) is 0 Å². The number of esters is 2. The summed E-state index contributed by atoms with van der Waals surface area (Å²) in [7, 11) is 5.51. The van der Waals surface area contributed by atoms with Gasteiger partial charge < -0.3 is 23.8 Å². The van der Waals surface area contributed by atoms with Crippen molar-refractivity contribution in [2.75, 3.05) is 41.0 Å². The topological polar surface area (TPSA) is 99.1 Å². The number of rotatable bonds is 33. The SMILES string of the molecule is CCCCCC/C=C/CCC(=O)OCC(COCCC(C(=O)O)[N+](C)(C)C)OC(=O)CCCCCCCCCCCCCCCC. The highest BCUT2D eigenvalue weighted by Crippen LogP contribution is 2.14. The number of nitrogens with zero attached hydrogens (tertiary/aromatic N) is 1.